The van der Waals surface area contributed by atoms with Gasteiger partial charge in [0.05, 0.1) is 12.7 Å². The molecule has 19 heavy (non-hydrogen) atoms. The molecule has 1 fully saturated rings. The highest BCUT2D eigenvalue weighted by atomic mass is 16.5. The molecular formula is C16H23NO2. The second-order valence-corrected chi connectivity index (χ2v) is 5.32. The maximum Gasteiger partial charge on any atom is 0.338 e. The van der Waals surface area contributed by atoms with E-state index >= 15 is 0 Å². The van der Waals surface area contributed by atoms with Gasteiger partial charge in [-0.3, -0.25) is 4.90 Å². The molecular weight excluding hydrogens is 238 g/mol. The van der Waals surface area contributed by atoms with Gasteiger partial charge in [-0.2, -0.15) is 0 Å². The van der Waals surface area contributed by atoms with Crippen molar-refractivity contribution in [3.63, 3.8) is 0 Å². The zero-order chi connectivity index (χ0) is 13.7. The van der Waals surface area contributed by atoms with Crippen molar-refractivity contribution >= 4 is 5.97 Å². The van der Waals surface area contributed by atoms with Crippen LogP contribution in [0.25, 0.3) is 0 Å². The van der Waals surface area contributed by atoms with Gasteiger partial charge in [-0.1, -0.05) is 31.0 Å². The number of hydrogen-bond acceptors (Lipinski definition) is 3. The number of likely N-dealkylation sites (tertiary alicyclic amines) is 1. The van der Waals surface area contributed by atoms with Crippen molar-refractivity contribution in [3.05, 3.63) is 35.4 Å². The summed E-state index contributed by atoms with van der Waals surface area (Å²) in [7, 11) is 1.44. The van der Waals surface area contributed by atoms with Crippen LogP contribution >= 0.6 is 0 Å². The molecule has 0 aromatic heterocycles. The standard InChI is InChI=1S/C16H23NO2/c1-13-8-4-3-7-11-17(13)12-14-9-5-6-10-15(14)16(18)19-2/h5-6,9-10,13H,3-4,7-8,11-12H2,1-2H3. The molecule has 0 spiro atoms. The highest BCUT2D eigenvalue weighted by molar-refractivity contribution is 5.90. The molecule has 1 aliphatic rings. The number of rotatable bonds is 3. The van der Waals surface area contributed by atoms with Crippen molar-refractivity contribution < 1.29 is 9.53 Å². The van der Waals surface area contributed by atoms with Crippen molar-refractivity contribution in [1.29, 1.82) is 0 Å². The Morgan fingerprint density at radius 3 is 2.89 bits per heavy atom. The maximum absolute atomic E-state index is 11.8. The third-order valence-electron chi connectivity index (χ3n) is 3.99. The van der Waals surface area contributed by atoms with Gasteiger partial charge >= 0.3 is 5.97 Å². The number of carbonyl (C=O) groups excluding carboxylic acids is 1. The first-order valence-corrected chi connectivity index (χ1v) is 7.12. The number of methoxy groups -OCH3 is 1. The van der Waals surface area contributed by atoms with E-state index in [9.17, 15) is 4.79 Å². The molecule has 0 aliphatic carbocycles. The SMILES string of the molecule is COC(=O)c1ccccc1CN1CCCCCC1C. The van der Waals surface area contributed by atoms with Gasteiger partial charge in [0, 0.05) is 12.6 Å². The summed E-state index contributed by atoms with van der Waals surface area (Å²) < 4.78 is 4.86. The molecule has 1 saturated heterocycles. The molecule has 0 saturated carbocycles. The van der Waals surface area contributed by atoms with Crippen molar-refractivity contribution in [3.8, 4) is 0 Å². The van der Waals surface area contributed by atoms with Crippen molar-refractivity contribution in [2.24, 2.45) is 0 Å². The fourth-order valence-corrected chi connectivity index (χ4v) is 2.76. The van der Waals surface area contributed by atoms with E-state index in [1.165, 1.54) is 32.8 Å². The van der Waals surface area contributed by atoms with Crippen LogP contribution in [0.2, 0.25) is 0 Å². The lowest BCUT2D eigenvalue weighted by molar-refractivity contribution is 0.0597. The minimum atomic E-state index is -0.238. The fraction of sp³-hybridized carbons (Fsp3) is 0.562. The van der Waals surface area contributed by atoms with E-state index in [0.717, 1.165) is 18.7 Å². The monoisotopic (exact) mass is 261 g/mol. The third kappa shape index (κ3) is 3.57. The smallest absolute Gasteiger partial charge is 0.338 e. The van der Waals surface area contributed by atoms with Crippen LogP contribution in [-0.2, 0) is 11.3 Å². The fourth-order valence-electron chi connectivity index (χ4n) is 2.76. The summed E-state index contributed by atoms with van der Waals surface area (Å²) >= 11 is 0. The summed E-state index contributed by atoms with van der Waals surface area (Å²) in [5, 5.41) is 0. The molecule has 0 radical (unpaired) electrons. The van der Waals surface area contributed by atoms with Crippen LogP contribution in [-0.4, -0.2) is 30.6 Å². The minimum Gasteiger partial charge on any atom is -0.465 e. The second kappa shape index (κ2) is 6.71. The number of esters is 1. The van der Waals surface area contributed by atoms with E-state index in [1.54, 1.807) is 0 Å². The van der Waals surface area contributed by atoms with Crippen LogP contribution in [0.1, 0.15) is 48.5 Å². The number of carbonyl (C=O) groups is 1. The average Bonchev–Trinajstić information content (AvgIpc) is 2.64. The Hall–Kier alpha value is -1.35. The van der Waals surface area contributed by atoms with Crippen LogP contribution in [0.5, 0.6) is 0 Å². The van der Waals surface area contributed by atoms with Gasteiger partial charge in [-0.15, -0.1) is 0 Å². The summed E-state index contributed by atoms with van der Waals surface area (Å²) in [4.78, 5) is 14.3. The number of benzene rings is 1. The molecule has 3 heteroatoms. The first-order chi connectivity index (χ1) is 9.22. The zero-order valence-electron chi connectivity index (χ0n) is 11.9. The number of nitrogens with zero attached hydrogens (tertiary/aromatic N) is 1. The van der Waals surface area contributed by atoms with Gasteiger partial charge in [0.25, 0.3) is 0 Å². The summed E-state index contributed by atoms with van der Waals surface area (Å²) in [6.45, 7) is 4.25. The van der Waals surface area contributed by atoms with Crippen LogP contribution < -0.4 is 0 Å². The highest BCUT2D eigenvalue weighted by Crippen LogP contribution is 2.20. The highest BCUT2D eigenvalue weighted by Gasteiger charge is 2.19. The van der Waals surface area contributed by atoms with E-state index in [4.69, 9.17) is 4.74 Å². The Balaban J connectivity index is 2.15. The average molecular weight is 261 g/mol. The lowest BCUT2D eigenvalue weighted by Gasteiger charge is -2.27. The van der Waals surface area contributed by atoms with Crippen molar-refractivity contribution in [1.82, 2.24) is 4.90 Å². The lowest BCUT2D eigenvalue weighted by atomic mass is 10.1. The summed E-state index contributed by atoms with van der Waals surface area (Å²) in [5.74, 6) is -0.238. The van der Waals surface area contributed by atoms with E-state index in [2.05, 4.69) is 11.8 Å². The molecule has 1 unspecified atom stereocenters. The van der Waals surface area contributed by atoms with Crippen LogP contribution in [0.3, 0.4) is 0 Å². The van der Waals surface area contributed by atoms with Crippen LogP contribution in [0.4, 0.5) is 0 Å². The van der Waals surface area contributed by atoms with Gasteiger partial charge < -0.3 is 4.74 Å². The Morgan fingerprint density at radius 2 is 2.11 bits per heavy atom. The van der Waals surface area contributed by atoms with Gasteiger partial charge in [0.1, 0.15) is 0 Å². The predicted molar refractivity (Wildman–Crippen MR) is 76.1 cm³/mol. The van der Waals surface area contributed by atoms with Gasteiger partial charge in [-0.25, -0.2) is 4.79 Å². The van der Waals surface area contributed by atoms with Crippen LogP contribution in [0.15, 0.2) is 24.3 Å². The molecule has 1 aromatic carbocycles. The largest absolute Gasteiger partial charge is 0.465 e. The zero-order valence-corrected chi connectivity index (χ0v) is 11.9. The molecule has 1 atom stereocenters. The lowest BCUT2D eigenvalue weighted by Crippen LogP contribution is -2.32. The normalized spacial score (nSPS) is 20.8. The maximum atomic E-state index is 11.8. The summed E-state index contributed by atoms with van der Waals surface area (Å²) in [5.41, 5.74) is 1.77. The Morgan fingerprint density at radius 1 is 1.32 bits per heavy atom. The first kappa shape index (κ1) is 14.1. The van der Waals surface area contributed by atoms with Gasteiger partial charge in [0.15, 0.2) is 0 Å². The molecule has 0 N–H and O–H groups in total. The number of hydrogen-bond donors (Lipinski definition) is 0. The summed E-state index contributed by atoms with van der Waals surface area (Å²) in [6.07, 6.45) is 5.14. The predicted octanol–water partition coefficient (Wildman–Crippen LogP) is 3.24. The molecule has 0 amide bonds. The molecule has 1 aliphatic heterocycles. The first-order valence-electron chi connectivity index (χ1n) is 7.12. The third-order valence-corrected chi connectivity index (χ3v) is 3.99. The molecule has 2 rings (SSSR count). The molecule has 1 heterocycles. The molecule has 0 bridgehead atoms. The van der Waals surface area contributed by atoms with E-state index < -0.39 is 0 Å². The van der Waals surface area contributed by atoms with E-state index in [0.29, 0.717) is 11.6 Å². The molecule has 104 valence electrons. The minimum absolute atomic E-state index is 0.238. The Bertz CT molecular complexity index is 431. The van der Waals surface area contributed by atoms with Crippen molar-refractivity contribution in [2.45, 2.75) is 45.2 Å². The topological polar surface area (TPSA) is 29.5 Å². The molecule has 1 aromatic rings. The van der Waals surface area contributed by atoms with Crippen molar-refractivity contribution in [2.75, 3.05) is 13.7 Å². The number of ether oxygens (including phenoxy) is 1. The Kier molecular flexibility index (Phi) is 4.97. The van der Waals surface area contributed by atoms with E-state index in [1.807, 2.05) is 24.3 Å². The van der Waals surface area contributed by atoms with E-state index in [-0.39, 0.29) is 5.97 Å². The quantitative estimate of drug-likeness (QED) is 0.782. The van der Waals surface area contributed by atoms with Crippen LogP contribution in [0, 0.1) is 0 Å². The molecule has 3 nitrogen and oxygen atoms in total. The second-order valence-electron chi connectivity index (χ2n) is 5.32. The van der Waals surface area contributed by atoms with Gasteiger partial charge in [-0.05, 0) is 37.9 Å². The summed E-state index contributed by atoms with van der Waals surface area (Å²) in [6, 6.07) is 8.35. The van der Waals surface area contributed by atoms with Gasteiger partial charge in [0.2, 0.25) is 0 Å². The Labute approximate surface area is 115 Å².